The standard InChI is InChI=1S/C12H16BrN3O2/c1-12(3-2-4-18-12)7-16-11(17)9-5-8(13)6-15-10(9)14/h5-6H,2-4,7H2,1H3,(H2,14,15)(H,16,17). The Balaban J connectivity index is 2.01. The van der Waals surface area contributed by atoms with Crippen molar-refractivity contribution < 1.29 is 9.53 Å². The molecule has 98 valence electrons. The van der Waals surface area contributed by atoms with E-state index in [1.54, 1.807) is 12.3 Å². The number of pyridine rings is 1. The van der Waals surface area contributed by atoms with E-state index in [2.05, 4.69) is 26.2 Å². The fourth-order valence-electron chi connectivity index (χ4n) is 1.97. The third-order valence-corrected chi connectivity index (χ3v) is 3.49. The summed E-state index contributed by atoms with van der Waals surface area (Å²) in [6.07, 6.45) is 3.56. The molecule has 0 bridgehead atoms. The molecule has 5 nitrogen and oxygen atoms in total. The fourth-order valence-corrected chi connectivity index (χ4v) is 2.30. The zero-order valence-electron chi connectivity index (χ0n) is 10.2. The molecular weight excluding hydrogens is 298 g/mol. The fraction of sp³-hybridized carbons (Fsp3) is 0.500. The first-order valence-electron chi connectivity index (χ1n) is 5.83. The Kier molecular flexibility index (Phi) is 3.87. The largest absolute Gasteiger partial charge is 0.383 e. The summed E-state index contributed by atoms with van der Waals surface area (Å²) in [6, 6.07) is 1.66. The van der Waals surface area contributed by atoms with Crippen LogP contribution < -0.4 is 11.1 Å². The van der Waals surface area contributed by atoms with Crippen LogP contribution in [0.5, 0.6) is 0 Å². The SMILES string of the molecule is CC1(CNC(=O)c2cc(Br)cnc2N)CCCO1. The van der Waals surface area contributed by atoms with Crippen LogP contribution in [0.4, 0.5) is 5.82 Å². The van der Waals surface area contributed by atoms with Crippen molar-refractivity contribution in [2.45, 2.75) is 25.4 Å². The van der Waals surface area contributed by atoms with Gasteiger partial charge in [0.05, 0.1) is 11.2 Å². The summed E-state index contributed by atoms with van der Waals surface area (Å²) in [7, 11) is 0. The summed E-state index contributed by atoms with van der Waals surface area (Å²) in [6.45, 7) is 3.24. The molecule has 1 unspecified atom stereocenters. The highest BCUT2D eigenvalue weighted by Gasteiger charge is 2.30. The van der Waals surface area contributed by atoms with Crippen molar-refractivity contribution in [3.63, 3.8) is 0 Å². The Morgan fingerprint density at radius 1 is 1.72 bits per heavy atom. The second kappa shape index (κ2) is 5.24. The van der Waals surface area contributed by atoms with Gasteiger partial charge >= 0.3 is 0 Å². The third kappa shape index (κ3) is 3.00. The van der Waals surface area contributed by atoms with Gasteiger partial charge in [0.1, 0.15) is 5.82 Å². The van der Waals surface area contributed by atoms with Gasteiger partial charge in [-0.05, 0) is 41.8 Å². The van der Waals surface area contributed by atoms with Gasteiger partial charge in [-0.15, -0.1) is 0 Å². The zero-order valence-corrected chi connectivity index (χ0v) is 11.8. The van der Waals surface area contributed by atoms with Crippen LogP contribution in [0.1, 0.15) is 30.1 Å². The van der Waals surface area contributed by atoms with Gasteiger partial charge < -0.3 is 15.8 Å². The number of halogens is 1. The number of amides is 1. The van der Waals surface area contributed by atoms with Crippen LogP contribution in [0, 0.1) is 0 Å². The molecule has 18 heavy (non-hydrogen) atoms. The molecule has 0 spiro atoms. The number of ether oxygens (including phenoxy) is 1. The van der Waals surface area contributed by atoms with Crippen molar-refractivity contribution in [1.82, 2.24) is 10.3 Å². The highest BCUT2D eigenvalue weighted by molar-refractivity contribution is 9.10. The number of carbonyl (C=O) groups excluding carboxylic acids is 1. The lowest BCUT2D eigenvalue weighted by Crippen LogP contribution is -2.40. The monoisotopic (exact) mass is 313 g/mol. The summed E-state index contributed by atoms with van der Waals surface area (Å²) in [5.74, 6) is 0.00576. The number of rotatable bonds is 3. The minimum absolute atomic E-state index is 0.224. The molecule has 1 fully saturated rings. The molecule has 1 saturated heterocycles. The summed E-state index contributed by atoms with van der Waals surface area (Å²) >= 11 is 3.27. The van der Waals surface area contributed by atoms with Crippen molar-refractivity contribution >= 4 is 27.7 Å². The Morgan fingerprint density at radius 3 is 3.17 bits per heavy atom. The van der Waals surface area contributed by atoms with E-state index in [1.807, 2.05) is 6.92 Å². The number of nitrogens with zero attached hydrogens (tertiary/aromatic N) is 1. The van der Waals surface area contributed by atoms with Crippen molar-refractivity contribution in [1.29, 1.82) is 0 Å². The van der Waals surface area contributed by atoms with Crippen LogP contribution in [0.2, 0.25) is 0 Å². The van der Waals surface area contributed by atoms with Gasteiger partial charge in [0, 0.05) is 23.8 Å². The smallest absolute Gasteiger partial charge is 0.255 e. The average molecular weight is 314 g/mol. The zero-order chi connectivity index (χ0) is 13.2. The quantitative estimate of drug-likeness (QED) is 0.891. The summed E-state index contributed by atoms with van der Waals surface area (Å²) < 4.78 is 6.34. The Bertz CT molecular complexity index is 459. The molecule has 1 aromatic rings. The minimum atomic E-state index is -0.260. The predicted octanol–water partition coefficient (Wildman–Crippen LogP) is 1.73. The van der Waals surface area contributed by atoms with E-state index < -0.39 is 0 Å². The van der Waals surface area contributed by atoms with Crippen LogP contribution in [0.25, 0.3) is 0 Å². The molecule has 0 aliphatic carbocycles. The van der Waals surface area contributed by atoms with Crippen molar-refractivity contribution in [2.24, 2.45) is 0 Å². The van der Waals surface area contributed by atoms with Crippen molar-refractivity contribution in [3.8, 4) is 0 Å². The Morgan fingerprint density at radius 2 is 2.50 bits per heavy atom. The normalized spacial score (nSPS) is 23.0. The first-order valence-corrected chi connectivity index (χ1v) is 6.63. The maximum Gasteiger partial charge on any atom is 0.255 e. The van der Waals surface area contributed by atoms with E-state index >= 15 is 0 Å². The lowest BCUT2D eigenvalue weighted by Gasteiger charge is -2.23. The van der Waals surface area contributed by atoms with Crippen LogP contribution in [0.15, 0.2) is 16.7 Å². The molecule has 0 aromatic carbocycles. The molecule has 0 radical (unpaired) electrons. The Hall–Kier alpha value is -1.14. The topological polar surface area (TPSA) is 77.2 Å². The lowest BCUT2D eigenvalue weighted by atomic mass is 10.0. The van der Waals surface area contributed by atoms with Gasteiger partial charge in [-0.2, -0.15) is 0 Å². The molecular formula is C12H16BrN3O2. The van der Waals surface area contributed by atoms with Gasteiger partial charge in [-0.1, -0.05) is 0 Å². The van der Waals surface area contributed by atoms with Gasteiger partial charge in [-0.25, -0.2) is 4.98 Å². The first kappa shape index (κ1) is 13.3. The molecule has 1 atom stereocenters. The average Bonchev–Trinajstić information content (AvgIpc) is 2.77. The van der Waals surface area contributed by atoms with Gasteiger partial charge in [0.25, 0.3) is 5.91 Å². The molecule has 6 heteroatoms. The van der Waals surface area contributed by atoms with E-state index in [9.17, 15) is 4.79 Å². The molecule has 1 aliphatic heterocycles. The number of anilines is 1. The number of nitrogen functional groups attached to an aromatic ring is 1. The third-order valence-electron chi connectivity index (χ3n) is 3.05. The second-order valence-electron chi connectivity index (χ2n) is 4.67. The maximum absolute atomic E-state index is 12.0. The molecule has 1 amide bonds. The highest BCUT2D eigenvalue weighted by atomic mass is 79.9. The van der Waals surface area contributed by atoms with E-state index in [0.717, 1.165) is 23.9 Å². The van der Waals surface area contributed by atoms with E-state index in [1.165, 1.54) is 0 Å². The van der Waals surface area contributed by atoms with E-state index in [4.69, 9.17) is 10.5 Å². The lowest BCUT2D eigenvalue weighted by molar-refractivity contribution is 0.0206. The van der Waals surface area contributed by atoms with Crippen LogP contribution >= 0.6 is 15.9 Å². The molecule has 2 rings (SSSR count). The number of carbonyl (C=O) groups is 1. The Labute approximate surface area is 114 Å². The highest BCUT2D eigenvalue weighted by Crippen LogP contribution is 2.24. The minimum Gasteiger partial charge on any atom is -0.383 e. The van der Waals surface area contributed by atoms with Gasteiger partial charge in [0.2, 0.25) is 0 Å². The molecule has 3 N–H and O–H groups in total. The van der Waals surface area contributed by atoms with Gasteiger partial charge in [0.15, 0.2) is 0 Å². The van der Waals surface area contributed by atoms with Crippen molar-refractivity contribution in [2.75, 3.05) is 18.9 Å². The van der Waals surface area contributed by atoms with E-state index in [0.29, 0.717) is 12.1 Å². The first-order chi connectivity index (χ1) is 8.50. The second-order valence-corrected chi connectivity index (χ2v) is 5.59. The summed E-state index contributed by atoms with van der Waals surface area (Å²) in [5, 5.41) is 2.84. The van der Waals surface area contributed by atoms with Gasteiger partial charge in [-0.3, -0.25) is 4.79 Å². The van der Waals surface area contributed by atoms with Crippen LogP contribution in [-0.2, 0) is 4.74 Å². The summed E-state index contributed by atoms with van der Waals surface area (Å²) in [4.78, 5) is 15.9. The number of aromatic nitrogens is 1. The van der Waals surface area contributed by atoms with Crippen LogP contribution in [0.3, 0.4) is 0 Å². The summed E-state index contributed by atoms with van der Waals surface area (Å²) in [5.41, 5.74) is 5.80. The number of hydrogen-bond acceptors (Lipinski definition) is 4. The predicted molar refractivity (Wildman–Crippen MR) is 72.3 cm³/mol. The number of nitrogens with one attached hydrogen (secondary N) is 1. The maximum atomic E-state index is 12.0. The van der Waals surface area contributed by atoms with Crippen LogP contribution in [-0.4, -0.2) is 29.6 Å². The number of hydrogen-bond donors (Lipinski definition) is 2. The number of nitrogens with two attached hydrogens (primary N) is 1. The van der Waals surface area contributed by atoms with E-state index in [-0.39, 0.29) is 17.3 Å². The van der Waals surface area contributed by atoms with Crippen molar-refractivity contribution in [3.05, 3.63) is 22.3 Å². The molecule has 1 aliphatic rings. The molecule has 2 heterocycles. The molecule has 0 saturated carbocycles. The molecule has 1 aromatic heterocycles.